The Hall–Kier alpha value is -1.15. The number of aryl methyl sites for hydroxylation is 2. The maximum atomic E-state index is 12.1. The summed E-state index contributed by atoms with van der Waals surface area (Å²) in [6.45, 7) is 2.45. The Kier molecular flexibility index (Phi) is 8.50. The minimum absolute atomic E-state index is 0. The highest BCUT2D eigenvalue weighted by molar-refractivity contribution is 7.11. The van der Waals surface area contributed by atoms with E-state index in [2.05, 4.69) is 20.7 Å². The molecule has 0 saturated heterocycles. The summed E-state index contributed by atoms with van der Waals surface area (Å²) < 4.78 is 1.68. The fourth-order valence-electron chi connectivity index (χ4n) is 1.80. The lowest BCUT2D eigenvalue weighted by atomic mass is 10.1. The lowest BCUT2D eigenvalue weighted by Crippen LogP contribution is -2.35. The van der Waals surface area contributed by atoms with Crippen molar-refractivity contribution in [1.82, 2.24) is 25.4 Å². The SMILES string of the molecule is CNC(C(=O)NCc1cnc(C)s1)c1cnn(C)c1.Cl.Cl. The smallest absolute Gasteiger partial charge is 0.242 e. The van der Waals surface area contributed by atoms with Gasteiger partial charge in [0.05, 0.1) is 17.7 Å². The Morgan fingerprint density at radius 3 is 2.62 bits per heavy atom. The number of hydrogen-bond donors (Lipinski definition) is 2. The molecule has 9 heteroatoms. The highest BCUT2D eigenvalue weighted by Gasteiger charge is 2.19. The molecule has 0 bridgehead atoms. The molecule has 0 radical (unpaired) electrons. The van der Waals surface area contributed by atoms with E-state index in [1.165, 1.54) is 0 Å². The molecule has 21 heavy (non-hydrogen) atoms. The molecule has 0 aliphatic carbocycles. The predicted octanol–water partition coefficient (Wildman–Crippen LogP) is 1.61. The number of nitrogens with zero attached hydrogens (tertiary/aromatic N) is 3. The van der Waals surface area contributed by atoms with Gasteiger partial charge in [-0.05, 0) is 14.0 Å². The van der Waals surface area contributed by atoms with Crippen LogP contribution in [0.1, 0.15) is 21.5 Å². The normalized spacial score (nSPS) is 11.2. The number of carbonyl (C=O) groups excluding carboxylic acids is 1. The average molecular weight is 352 g/mol. The van der Waals surface area contributed by atoms with Gasteiger partial charge in [0.15, 0.2) is 0 Å². The summed E-state index contributed by atoms with van der Waals surface area (Å²) in [5.74, 6) is -0.0680. The van der Waals surface area contributed by atoms with E-state index in [0.717, 1.165) is 15.4 Å². The van der Waals surface area contributed by atoms with Crippen LogP contribution in [0, 0.1) is 6.92 Å². The Labute approximate surface area is 140 Å². The van der Waals surface area contributed by atoms with Crippen molar-refractivity contribution in [3.63, 3.8) is 0 Å². The minimum atomic E-state index is -0.386. The number of nitrogens with one attached hydrogen (secondary N) is 2. The third kappa shape index (κ3) is 5.28. The van der Waals surface area contributed by atoms with E-state index in [4.69, 9.17) is 0 Å². The number of thiazole rings is 1. The zero-order valence-corrected chi connectivity index (χ0v) is 14.4. The third-order valence-corrected chi connectivity index (χ3v) is 3.63. The number of rotatable bonds is 5. The van der Waals surface area contributed by atoms with Gasteiger partial charge in [-0.3, -0.25) is 9.48 Å². The Morgan fingerprint density at radius 2 is 2.14 bits per heavy atom. The molecule has 2 heterocycles. The monoisotopic (exact) mass is 351 g/mol. The van der Waals surface area contributed by atoms with Crippen molar-refractivity contribution in [1.29, 1.82) is 0 Å². The molecular weight excluding hydrogens is 333 g/mol. The van der Waals surface area contributed by atoms with Crippen LogP contribution in [-0.2, 0) is 18.4 Å². The highest BCUT2D eigenvalue weighted by atomic mass is 35.5. The van der Waals surface area contributed by atoms with Crippen LogP contribution in [0.4, 0.5) is 0 Å². The zero-order chi connectivity index (χ0) is 13.8. The molecule has 2 aromatic rings. The van der Waals surface area contributed by atoms with Gasteiger partial charge in [-0.2, -0.15) is 5.10 Å². The zero-order valence-electron chi connectivity index (χ0n) is 12.0. The van der Waals surface area contributed by atoms with Gasteiger partial charge < -0.3 is 10.6 Å². The number of likely N-dealkylation sites (N-methyl/N-ethyl adjacent to an activating group) is 1. The second kappa shape index (κ2) is 8.99. The quantitative estimate of drug-likeness (QED) is 0.858. The summed E-state index contributed by atoms with van der Waals surface area (Å²) in [4.78, 5) is 17.3. The van der Waals surface area contributed by atoms with Crippen molar-refractivity contribution < 1.29 is 4.79 Å². The van der Waals surface area contributed by atoms with Crippen LogP contribution >= 0.6 is 36.2 Å². The van der Waals surface area contributed by atoms with Crippen LogP contribution in [0.5, 0.6) is 0 Å². The standard InChI is InChI=1S/C12H17N5OS.2ClH/c1-8-14-5-10(19-8)6-15-12(18)11(13-2)9-4-16-17(3)7-9;;/h4-5,7,11,13H,6H2,1-3H3,(H,15,18);2*1H. The van der Waals surface area contributed by atoms with Gasteiger partial charge in [-0.25, -0.2) is 4.98 Å². The van der Waals surface area contributed by atoms with Crippen molar-refractivity contribution >= 4 is 42.1 Å². The fraction of sp³-hybridized carbons (Fsp3) is 0.417. The molecule has 1 unspecified atom stereocenters. The highest BCUT2D eigenvalue weighted by Crippen LogP contribution is 2.13. The van der Waals surface area contributed by atoms with Crippen LogP contribution in [0.3, 0.4) is 0 Å². The van der Waals surface area contributed by atoms with Gasteiger partial charge in [0.2, 0.25) is 5.91 Å². The van der Waals surface area contributed by atoms with E-state index in [9.17, 15) is 4.79 Å². The van der Waals surface area contributed by atoms with Crippen LogP contribution < -0.4 is 10.6 Å². The molecule has 6 nitrogen and oxygen atoms in total. The van der Waals surface area contributed by atoms with Crippen molar-refractivity contribution in [3.8, 4) is 0 Å². The molecule has 0 fully saturated rings. The van der Waals surface area contributed by atoms with E-state index >= 15 is 0 Å². The van der Waals surface area contributed by atoms with E-state index in [-0.39, 0.29) is 36.8 Å². The first-order valence-corrected chi connectivity index (χ1v) is 6.76. The fourth-order valence-corrected chi connectivity index (χ4v) is 2.54. The maximum Gasteiger partial charge on any atom is 0.242 e. The van der Waals surface area contributed by atoms with Crippen LogP contribution in [0.25, 0.3) is 0 Å². The van der Waals surface area contributed by atoms with E-state index in [0.29, 0.717) is 6.54 Å². The van der Waals surface area contributed by atoms with Crippen molar-refractivity contribution in [2.24, 2.45) is 7.05 Å². The molecule has 2 rings (SSSR count). The number of aromatic nitrogens is 3. The van der Waals surface area contributed by atoms with Gasteiger partial charge in [-0.15, -0.1) is 36.2 Å². The summed E-state index contributed by atoms with van der Waals surface area (Å²) in [6.07, 6.45) is 5.31. The maximum absolute atomic E-state index is 12.1. The third-order valence-electron chi connectivity index (χ3n) is 2.72. The van der Waals surface area contributed by atoms with E-state index < -0.39 is 0 Å². The molecule has 2 aromatic heterocycles. The Bertz CT molecular complexity index is 572. The second-order valence-corrected chi connectivity index (χ2v) is 5.55. The first kappa shape index (κ1) is 19.9. The topological polar surface area (TPSA) is 71.8 Å². The van der Waals surface area contributed by atoms with Gasteiger partial charge in [0.25, 0.3) is 0 Å². The number of carbonyl (C=O) groups is 1. The van der Waals surface area contributed by atoms with Gasteiger partial charge in [-0.1, -0.05) is 0 Å². The Balaban J connectivity index is 0.00000200. The minimum Gasteiger partial charge on any atom is -0.349 e. The molecule has 0 spiro atoms. The molecule has 1 amide bonds. The van der Waals surface area contributed by atoms with Crippen molar-refractivity contribution in [2.75, 3.05) is 7.05 Å². The lowest BCUT2D eigenvalue weighted by Gasteiger charge is -2.13. The van der Waals surface area contributed by atoms with Crippen LogP contribution in [-0.4, -0.2) is 27.7 Å². The summed E-state index contributed by atoms with van der Waals surface area (Å²) in [5, 5.41) is 11.0. The lowest BCUT2D eigenvalue weighted by molar-refractivity contribution is -0.123. The number of halogens is 2. The van der Waals surface area contributed by atoms with Gasteiger partial charge in [0.1, 0.15) is 6.04 Å². The van der Waals surface area contributed by atoms with Gasteiger partial charge in [0, 0.05) is 29.9 Å². The van der Waals surface area contributed by atoms with Gasteiger partial charge >= 0.3 is 0 Å². The predicted molar refractivity (Wildman–Crippen MR) is 88.2 cm³/mol. The molecule has 1 atom stereocenters. The molecule has 118 valence electrons. The number of amides is 1. The summed E-state index contributed by atoms with van der Waals surface area (Å²) in [7, 11) is 3.59. The molecule has 0 aliphatic heterocycles. The average Bonchev–Trinajstić information content (AvgIpc) is 2.97. The molecule has 2 N–H and O–H groups in total. The van der Waals surface area contributed by atoms with Crippen molar-refractivity contribution in [2.45, 2.75) is 19.5 Å². The second-order valence-electron chi connectivity index (χ2n) is 4.23. The summed E-state index contributed by atoms with van der Waals surface area (Å²) in [5.41, 5.74) is 0.850. The molecule has 0 aliphatic rings. The van der Waals surface area contributed by atoms with Crippen LogP contribution in [0.15, 0.2) is 18.6 Å². The molecular formula is C12H19Cl2N5OS. The Morgan fingerprint density at radius 1 is 1.43 bits per heavy atom. The largest absolute Gasteiger partial charge is 0.349 e. The van der Waals surface area contributed by atoms with E-state index in [1.54, 1.807) is 35.5 Å². The van der Waals surface area contributed by atoms with Crippen LogP contribution in [0.2, 0.25) is 0 Å². The molecule has 0 saturated carbocycles. The van der Waals surface area contributed by atoms with Crippen molar-refractivity contribution in [3.05, 3.63) is 34.0 Å². The van der Waals surface area contributed by atoms with E-state index in [1.807, 2.05) is 20.2 Å². The first-order valence-electron chi connectivity index (χ1n) is 5.95. The summed E-state index contributed by atoms with van der Waals surface area (Å²) in [6, 6.07) is -0.386. The summed E-state index contributed by atoms with van der Waals surface area (Å²) >= 11 is 1.59. The molecule has 0 aromatic carbocycles. The number of hydrogen-bond acceptors (Lipinski definition) is 5. The first-order chi connectivity index (χ1) is 9.10.